The maximum atomic E-state index is 3.93. The minimum atomic E-state index is -0.713. The smallest absolute Gasteiger partial charge is 0.0197 e. The van der Waals surface area contributed by atoms with Gasteiger partial charge in [-0.25, -0.2) is 0 Å². The predicted molar refractivity (Wildman–Crippen MR) is 126 cm³/mol. The molecule has 0 aliphatic rings. The molecule has 5 rings (SSSR count). The highest BCUT2D eigenvalue weighted by Gasteiger charge is 2.21. The van der Waals surface area contributed by atoms with Crippen LogP contribution in [0.15, 0.2) is 121 Å². The predicted octanol–water partition coefficient (Wildman–Crippen LogP) is 8.46. The van der Waals surface area contributed by atoms with Crippen LogP contribution in [0.25, 0.3) is 38.4 Å². The standard InChI is InChI=1S/C28H20P/c1-5-13-22(14-6-1)26-21-29(25-19-11-4-12-20-25)28(24-17-9-3-10-18-24)27(26)23-15-7-2-8-16-23/h1-20H. The highest BCUT2D eigenvalue weighted by atomic mass is 31.1. The van der Waals surface area contributed by atoms with Gasteiger partial charge in [0.15, 0.2) is 0 Å². The fourth-order valence-corrected chi connectivity index (χ4v) is 6.10. The third-order valence-corrected chi connectivity index (χ3v) is 7.31. The van der Waals surface area contributed by atoms with Crippen LogP contribution in [-0.4, -0.2) is 0 Å². The molecule has 0 fully saturated rings. The van der Waals surface area contributed by atoms with Crippen LogP contribution in [0.2, 0.25) is 0 Å². The van der Waals surface area contributed by atoms with Gasteiger partial charge in [-0.1, -0.05) is 129 Å². The average molecular weight is 387 g/mol. The molecule has 0 N–H and O–H groups in total. The number of benzene rings is 4. The van der Waals surface area contributed by atoms with Crippen LogP contribution in [0.3, 0.4) is 0 Å². The van der Waals surface area contributed by atoms with Crippen LogP contribution >= 0.6 is 7.53 Å². The zero-order valence-electron chi connectivity index (χ0n) is 16.0. The summed E-state index contributed by atoms with van der Waals surface area (Å²) in [5.41, 5.74) is 6.27. The van der Waals surface area contributed by atoms with Crippen molar-refractivity contribution in [1.29, 1.82) is 0 Å². The van der Waals surface area contributed by atoms with E-state index < -0.39 is 7.53 Å². The molecular weight excluding hydrogens is 367 g/mol. The second-order valence-electron chi connectivity index (χ2n) is 6.98. The van der Waals surface area contributed by atoms with Crippen LogP contribution < -0.4 is 0 Å². The summed E-state index contributed by atoms with van der Waals surface area (Å²) in [7, 11) is -0.713. The van der Waals surface area contributed by atoms with Gasteiger partial charge in [-0.3, -0.25) is 0 Å². The van der Waals surface area contributed by atoms with Crippen molar-refractivity contribution >= 4 is 7.53 Å². The summed E-state index contributed by atoms with van der Waals surface area (Å²) >= 11 is 0. The third kappa shape index (κ3) is 3.44. The van der Waals surface area contributed by atoms with Gasteiger partial charge in [0.25, 0.3) is 0 Å². The van der Waals surface area contributed by atoms with Gasteiger partial charge in [0, 0.05) is 22.2 Å². The molecule has 5 aromatic rings. The Morgan fingerprint density at radius 1 is 0.448 bits per heavy atom. The molecule has 0 amide bonds. The molecule has 1 heteroatoms. The van der Waals surface area contributed by atoms with Crippen molar-refractivity contribution in [2.75, 3.05) is 0 Å². The minimum Gasteiger partial charge on any atom is -0.0756 e. The molecule has 1 radical (unpaired) electrons. The molecule has 1 unspecified atom stereocenters. The Morgan fingerprint density at radius 3 is 1.45 bits per heavy atom. The molecule has 0 bridgehead atoms. The van der Waals surface area contributed by atoms with E-state index in [-0.39, 0.29) is 0 Å². The lowest BCUT2D eigenvalue weighted by molar-refractivity contribution is 1.62. The molecule has 29 heavy (non-hydrogen) atoms. The first-order chi connectivity index (χ1) is 14.4. The Morgan fingerprint density at radius 2 is 0.897 bits per heavy atom. The lowest BCUT2D eigenvalue weighted by Crippen LogP contribution is -1.84. The zero-order chi connectivity index (χ0) is 19.5. The van der Waals surface area contributed by atoms with E-state index in [9.17, 15) is 0 Å². The number of rotatable bonds is 4. The van der Waals surface area contributed by atoms with Crippen molar-refractivity contribution in [3.8, 4) is 38.4 Å². The molecule has 0 saturated heterocycles. The molecule has 1 aromatic heterocycles. The van der Waals surface area contributed by atoms with Gasteiger partial charge in [0.2, 0.25) is 0 Å². The van der Waals surface area contributed by atoms with Gasteiger partial charge in [-0.05, 0) is 22.0 Å². The molecule has 1 atom stereocenters. The van der Waals surface area contributed by atoms with Gasteiger partial charge < -0.3 is 0 Å². The third-order valence-electron chi connectivity index (χ3n) is 5.12. The summed E-state index contributed by atoms with van der Waals surface area (Å²) in [6.45, 7) is 0. The van der Waals surface area contributed by atoms with E-state index in [0.29, 0.717) is 0 Å². The number of hydrogen-bond acceptors (Lipinski definition) is 0. The van der Waals surface area contributed by atoms with Gasteiger partial charge in [0.1, 0.15) is 0 Å². The van der Waals surface area contributed by atoms with Crippen LogP contribution in [0.4, 0.5) is 0 Å². The number of hydrogen-bond donors (Lipinski definition) is 0. The molecule has 1 heterocycles. The van der Waals surface area contributed by atoms with Crippen molar-refractivity contribution in [2.45, 2.75) is 0 Å². The molecule has 137 valence electrons. The second-order valence-corrected chi connectivity index (χ2v) is 8.84. The quantitative estimate of drug-likeness (QED) is 0.290. The molecule has 4 aromatic carbocycles. The summed E-state index contributed by atoms with van der Waals surface area (Å²) in [5.74, 6) is 3.93. The Labute approximate surface area is 173 Å². The van der Waals surface area contributed by atoms with E-state index in [1.165, 1.54) is 38.4 Å². The summed E-state index contributed by atoms with van der Waals surface area (Å²) in [6.07, 6.45) is 0. The molecular formula is C28H20P. The highest BCUT2D eigenvalue weighted by molar-refractivity contribution is 7.59. The van der Waals surface area contributed by atoms with Crippen molar-refractivity contribution in [1.82, 2.24) is 0 Å². The maximum Gasteiger partial charge on any atom is 0.0197 e. The molecule has 0 nitrogen and oxygen atoms in total. The fraction of sp³-hybridized carbons (Fsp3) is 0. The lowest BCUT2D eigenvalue weighted by Gasteiger charge is -2.12. The lowest BCUT2D eigenvalue weighted by atomic mass is 9.95. The van der Waals surface area contributed by atoms with Gasteiger partial charge in [0.05, 0.1) is 0 Å². The van der Waals surface area contributed by atoms with E-state index in [1.807, 2.05) is 0 Å². The van der Waals surface area contributed by atoms with E-state index in [2.05, 4.69) is 127 Å². The second kappa shape index (κ2) is 7.95. The van der Waals surface area contributed by atoms with E-state index in [0.717, 1.165) is 0 Å². The summed E-state index contributed by atoms with van der Waals surface area (Å²) < 4.78 is 0. The van der Waals surface area contributed by atoms with Crippen LogP contribution in [0.5, 0.6) is 0 Å². The summed E-state index contributed by atoms with van der Waals surface area (Å²) in [6, 6.07) is 43.0. The minimum absolute atomic E-state index is 0.713. The average Bonchev–Trinajstić information content (AvgIpc) is 3.22. The first-order valence-corrected chi connectivity index (χ1v) is 11.2. The first kappa shape index (κ1) is 17.7. The monoisotopic (exact) mass is 387 g/mol. The largest absolute Gasteiger partial charge is 0.0756 e. The van der Waals surface area contributed by atoms with Gasteiger partial charge >= 0.3 is 0 Å². The Bertz CT molecular complexity index is 1110. The van der Waals surface area contributed by atoms with E-state index in [1.54, 1.807) is 0 Å². The zero-order valence-corrected chi connectivity index (χ0v) is 16.9. The van der Waals surface area contributed by atoms with Crippen molar-refractivity contribution < 1.29 is 0 Å². The normalized spacial score (nSPS) is 11.4. The maximum absolute atomic E-state index is 3.93. The van der Waals surface area contributed by atoms with Crippen LogP contribution in [-0.2, 0) is 0 Å². The fourth-order valence-electron chi connectivity index (χ4n) is 3.79. The Balaban J connectivity index is 1.89. The van der Waals surface area contributed by atoms with Crippen molar-refractivity contribution in [2.24, 2.45) is 0 Å². The van der Waals surface area contributed by atoms with E-state index in [4.69, 9.17) is 0 Å². The SMILES string of the molecule is [c]1c(-c2ccccc2)c(-c2ccccc2)c(-c2ccccc2)p1-c1ccccc1. The van der Waals surface area contributed by atoms with Crippen LogP contribution in [0, 0.1) is 5.80 Å². The molecule has 0 aliphatic heterocycles. The van der Waals surface area contributed by atoms with Crippen molar-refractivity contribution in [3.05, 3.63) is 127 Å². The summed E-state index contributed by atoms with van der Waals surface area (Å²) in [5, 5.41) is 2.72. The first-order valence-electron chi connectivity index (χ1n) is 9.81. The molecule has 0 spiro atoms. The Kier molecular flexibility index (Phi) is 4.87. The van der Waals surface area contributed by atoms with Crippen molar-refractivity contribution in [3.63, 3.8) is 0 Å². The van der Waals surface area contributed by atoms with Gasteiger partial charge in [-0.2, -0.15) is 0 Å². The highest BCUT2D eigenvalue weighted by Crippen LogP contribution is 2.57. The topological polar surface area (TPSA) is 0 Å². The summed E-state index contributed by atoms with van der Waals surface area (Å²) in [4.78, 5) is 0. The van der Waals surface area contributed by atoms with E-state index >= 15 is 0 Å². The molecule has 0 saturated carbocycles. The van der Waals surface area contributed by atoms with Gasteiger partial charge in [-0.15, -0.1) is 0 Å². The van der Waals surface area contributed by atoms with Crippen LogP contribution in [0.1, 0.15) is 0 Å². The molecule has 0 aliphatic carbocycles. The Hall–Kier alpha value is -3.34.